The van der Waals surface area contributed by atoms with Crippen LogP contribution >= 0.6 is 0 Å². The number of halogens is 2. The van der Waals surface area contributed by atoms with Gasteiger partial charge >= 0.3 is 0 Å². The Kier molecular flexibility index (Phi) is 5.63. The SMILES string of the molecule is O=C(Nc1ccc(C(=O)Nc2cnn(-c3ccccc3)c2)c(O)c1)c1cc(F)cc(F)c1. The third-order valence-corrected chi connectivity index (χ3v) is 4.49. The molecule has 3 N–H and O–H groups in total. The Labute approximate surface area is 180 Å². The number of phenolic OH excluding ortho intramolecular Hbond substituents is 1. The highest BCUT2D eigenvalue weighted by atomic mass is 19.1. The number of anilines is 2. The highest BCUT2D eigenvalue weighted by Gasteiger charge is 2.15. The molecule has 0 spiro atoms. The van der Waals surface area contributed by atoms with Gasteiger partial charge in [-0.2, -0.15) is 5.10 Å². The largest absolute Gasteiger partial charge is 0.507 e. The van der Waals surface area contributed by atoms with E-state index in [1.165, 1.54) is 18.3 Å². The highest BCUT2D eigenvalue weighted by molar-refractivity contribution is 6.07. The summed E-state index contributed by atoms with van der Waals surface area (Å²) in [6.45, 7) is 0. The number of hydrogen-bond donors (Lipinski definition) is 3. The minimum Gasteiger partial charge on any atom is -0.507 e. The van der Waals surface area contributed by atoms with Crippen LogP contribution in [0.4, 0.5) is 20.2 Å². The van der Waals surface area contributed by atoms with Crippen LogP contribution in [0.2, 0.25) is 0 Å². The number of carbonyl (C=O) groups is 2. The molecule has 4 aromatic rings. The summed E-state index contributed by atoms with van der Waals surface area (Å²) in [5, 5.41) is 19.5. The van der Waals surface area contributed by atoms with E-state index in [0.717, 1.165) is 23.9 Å². The lowest BCUT2D eigenvalue weighted by Gasteiger charge is -2.09. The topological polar surface area (TPSA) is 96.3 Å². The summed E-state index contributed by atoms with van der Waals surface area (Å²) in [5.41, 5.74) is 1.12. The van der Waals surface area contributed by atoms with Crippen molar-refractivity contribution >= 4 is 23.2 Å². The summed E-state index contributed by atoms with van der Waals surface area (Å²) < 4.78 is 28.2. The van der Waals surface area contributed by atoms with E-state index in [1.54, 1.807) is 10.9 Å². The maximum Gasteiger partial charge on any atom is 0.259 e. The van der Waals surface area contributed by atoms with Crippen LogP contribution in [0.5, 0.6) is 5.75 Å². The van der Waals surface area contributed by atoms with Crippen molar-refractivity contribution in [3.8, 4) is 11.4 Å². The summed E-state index contributed by atoms with van der Waals surface area (Å²) in [6, 6.07) is 15.6. The molecule has 0 aliphatic heterocycles. The van der Waals surface area contributed by atoms with E-state index in [9.17, 15) is 23.5 Å². The van der Waals surface area contributed by atoms with Crippen LogP contribution in [-0.2, 0) is 0 Å². The highest BCUT2D eigenvalue weighted by Crippen LogP contribution is 2.24. The Morgan fingerprint density at radius 3 is 2.22 bits per heavy atom. The van der Waals surface area contributed by atoms with Crippen molar-refractivity contribution in [2.45, 2.75) is 0 Å². The van der Waals surface area contributed by atoms with Crippen molar-refractivity contribution in [1.29, 1.82) is 0 Å². The number of benzene rings is 3. The van der Waals surface area contributed by atoms with Gasteiger partial charge in [0.1, 0.15) is 17.4 Å². The summed E-state index contributed by atoms with van der Waals surface area (Å²) in [5.74, 6) is -3.52. The van der Waals surface area contributed by atoms with E-state index < -0.39 is 23.4 Å². The number of aromatic nitrogens is 2. The standard InChI is InChI=1S/C23H16F2N4O3/c24-15-8-14(9-16(25)10-15)22(31)27-17-6-7-20(21(30)11-17)23(32)28-18-12-26-29(13-18)19-4-2-1-3-5-19/h1-13,30H,(H,27,31)(H,28,32). The van der Waals surface area contributed by atoms with Crippen LogP contribution < -0.4 is 10.6 Å². The fourth-order valence-corrected chi connectivity index (χ4v) is 3.00. The van der Waals surface area contributed by atoms with Gasteiger partial charge in [-0.3, -0.25) is 9.59 Å². The zero-order valence-corrected chi connectivity index (χ0v) is 16.4. The van der Waals surface area contributed by atoms with E-state index in [1.807, 2.05) is 30.3 Å². The second kappa shape index (κ2) is 8.68. The third kappa shape index (κ3) is 4.62. The first-order chi connectivity index (χ1) is 15.4. The van der Waals surface area contributed by atoms with E-state index >= 15 is 0 Å². The van der Waals surface area contributed by atoms with Crippen molar-refractivity contribution in [1.82, 2.24) is 9.78 Å². The molecule has 4 rings (SSSR count). The molecule has 3 aromatic carbocycles. The lowest BCUT2D eigenvalue weighted by molar-refractivity contribution is 0.101. The van der Waals surface area contributed by atoms with Gasteiger partial charge < -0.3 is 15.7 Å². The van der Waals surface area contributed by atoms with Gasteiger partial charge in [0.05, 0.1) is 29.3 Å². The number of amides is 2. The van der Waals surface area contributed by atoms with Crippen LogP contribution in [0.1, 0.15) is 20.7 Å². The first-order valence-electron chi connectivity index (χ1n) is 9.41. The second-order valence-corrected chi connectivity index (χ2v) is 6.81. The second-order valence-electron chi connectivity index (χ2n) is 6.81. The van der Waals surface area contributed by atoms with E-state index in [0.29, 0.717) is 11.8 Å². The fourth-order valence-electron chi connectivity index (χ4n) is 3.00. The van der Waals surface area contributed by atoms with Crippen LogP contribution in [0.3, 0.4) is 0 Å². The fraction of sp³-hybridized carbons (Fsp3) is 0. The van der Waals surface area contributed by atoms with Crippen molar-refractivity contribution in [3.63, 3.8) is 0 Å². The monoisotopic (exact) mass is 434 g/mol. The quantitative estimate of drug-likeness (QED) is 0.435. The minimum atomic E-state index is -0.888. The minimum absolute atomic E-state index is 0.0349. The van der Waals surface area contributed by atoms with Gasteiger partial charge in [0, 0.05) is 23.4 Å². The predicted octanol–water partition coefficient (Wildman–Crippen LogP) is 4.36. The molecule has 0 bridgehead atoms. The van der Waals surface area contributed by atoms with Crippen LogP contribution in [-0.4, -0.2) is 26.7 Å². The number of nitrogens with zero attached hydrogens (tertiary/aromatic N) is 2. The molecule has 160 valence electrons. The molecule has 0 fully saturated rings. The molecule has 0 unspecified atom stereocenters. The molecular weight excluding hydrogens is 418 g/mol. The van der Waals surface area contributed by atoms with Gasteiger partial charge in [-0.25, -0.2) is 13.5 Å². The molecule has 1 aromatic heterocycles. The molecule has 2 amide bonds. The number of rotatable bonds is 5. The Bertz CT molecular complexity index is 1290. The van der Waals surface area contributed by atoms with Crippen molar-refractivity contribution in [2.24, 2.45) is 0 Å². The van der Waals surface area contributed by atoms with E-state index in [-0.39, 0.29) is 22.6 Å². The first-order valence-corrected chi connectivity index (χ1v) is 9.41. The number of para-hydroxylation sites is 1. The zero-order chi connectivity index (χ0) is 22.7. The smallest absolute Gasteiger partial charge is 0.259 e. The van der Waals surface area contributed by atoms with Crippen molar-refractivity contribution in [3.05, 3.63) is 102 Å². The summed E-state index contributed by atoms with van der Waals surface area (Å²) in [6.07, 6.45) is 3.09. The summed E-state index contributed by atoms with van der Waals surface area (Å²) in [7, 11) is 0. The number of aromatic hydroxyl groups is 1. The predicted molar refractivity (Wildman–Crippen MR) is 114 cm³/mol. The average Bonchev–Trinajstić information content (AvgIpc) is 3.22. The van der Waals surface area contributed by atoms with Gasteiger partial charge in [-0.15, -0.1) is 0 Å². The number of hydrogen-bond acceptors (Lipinski definition) is 4. The molecule has 0 atom stereocenters. The average molecular weight is 434 g/mol. The van der Waals surface area contributed by atoms with Crippen LogP contribution in [0.15, 0.2) is 79.1 Å². The molecule has 7 nitrogen and oxygen atoms in total. The summed E-state index contributed by atoms with van der Waals surface area (Å²) in [4.78, 5) is 24.7. The van der Waals surface area contributed by atoms with E-state index in [4.69, 9.17) is 0 Å². The molecule has 1 heterocycles. The Morgan fingerprint density at radius 1 is 0.844 bits per heavy atom. The first kappa shape index (κ1) is 20.7. The Hall–Kier alpha value is -4.53. The van der Waals surface area contributed by atoms with Gasteiger partial charge in [0.15, 0.2) is 0 Å². The van der Waals surface area contributed by atoms with Crippen molar-refractivity contribution < 1.29 is 23.5 Å². The summed E-state index contributed by atoms with van der Waals surface area (Å²) >= 11 is 0. The molecule has 0 radical (unpaired) electrons. The third-order valence-electron chi connectivity index (χ3n) is 4.49. The normalized spacial score (nSPS) is 10.6. The molecule has 0 aliphatic rings. The zero-order valence-electron chi connectivity index (χ0n) is 16.4. The van der Waals surface area contributed by atoms with Gasteiger partial charge in [0.2, 0.25) is 0 Å². The van der Waals surface area contributed by atoms with Gasteiger partial charge in [0.25, 0.3) is 11.8 Å². The lowest BCUT2D eigenvalue weighted by atomic mass is 10.1. The maximum atomic E-state index is 13.3. The van der Waals surface area contributed by atoms with Crippen LogP contribution in [0, 0.1) is 11.6 Å². The number of nitrogens with one attached hydrogen (secondary N) is 2. The molecule has 32 heavy (non-hydrogen) atoms. The molecular formula is C23H16F2N4O3. The molecule has 0 saturated carbocycles. The van der Waals surface area contributed by atoms with E-state index in [2.05, 4.69) is 15.7 Å². The van der Waals surface area contributed by atoms with Gasteiger partial charge in [-0.1, -0.05) is 18.2 Å². The molecule has 0 aliphatic carbocycles. The number of carbonyl (C=O) groups excluding carboxylic acids is 2. The molecule has 9 heteroatoms. The van der Waals surface area contributed by atoms with Crippen molar-refractivity contribution in [2.75, 3.05) is 10.6 Å². The lowest BCUT2D eigenvalue weighted by Crippen LogP contribution is -2.14. The maximum absolute atomic E-state index is 13.3. The Morgan fingerprint density at radius 2 is 1.53 bits per heavy atom. The van der Waals surface area contributed by atoms with Crippen LogP contribution in [0.25, 0.3) is 5.69 Å². The molecule has 0 saturated heterocycles. The van der Waals surface area contributed by atoms with Gasteiger partial charge in [-0.05, 0) is 36.4 Å². The number of phenols is 1. The Balaban J connectivity index is 1.45.